The zero-order valence-corrected chi connectivity index (χ0v) is 18.0. The third-order valence-electron chi connectivity index (χ3n) is 5.36. The maximum Gasteiger partial charge on any atom is 0.107 e. The van der Waals surface area contributed by atoms with Crippen LogP contribution in [0.3, 0.4) is 0 Å². The van der Waals surface area contributed by atoms with Crippen molar-refractivity contribution in [1.82, 2.24) is 24.6 Å². The highest BCUT2D eigenvalue weighted by Crippen LogP contribution is 2.28. The van der Waals surface area contributed by atoms with Crippen LogP contribution >= 0.6 is 11.3 Å². The molecule has 1 atom stereocenters. The van der Waals surface area contributed by atoms with Gasteiger partial charge in [-0.1, -0.05) is 36.4 Å². The fraction of sp³-hybridized carbons (Fsp3) is 0.120. The Kier molecular flexibility index (Phi) is 5.48. The molecule has 0 bridgehead atoms. The van der Waals surface area contributed by atoms with Crippen molar-refractivity contribution in [3.05, 3.63) is 108 Å². The van der Waals surface area contributed by atoms with Crippen LogP contribution in [0, 0.1) is 0 Å². The Hall–Kier alpha value is -3.48. The number of nitrogens with zero attached hydrogens (tertiary/aromatic N) is 4. The molecule has 0 saturated carbocycles. The Morgan fingerprint density at radius 1 is 0.968 bits per heavy atom. The molecule has 0 aliphatic carbocycles. The van der Waals surface area contributed by atoms with Gasteiger partial charge < -0.3 is 9.88 Å². The lowest BCUT2D eigenvalue weighted by Gasteiger charge is -2.15. The number of rotatable bonds is 7. The second kappa shape index (κ2) is 8.71. The molecule has 0 fully saturated rings. The molecule has 0 unspecified atom stereocenters. The van der Waals surface area contributed by atoms with Crippen LogP contribution in [0.1, 0.15) is 24.1 Å². The molecule has 0 aliphatic heterocycles. The molecule has 31 heavy (non-hydrogen) atoms. The molecule has 0 spiro atoms. The summed E-state index contributed by atoms with van der Waals surface area (Å²) < 4.78 is 3.98. The van der Waals surface area contributed by atoms with E-state index < -0.39 is 0 Å². The van der Waals surface area contributed by atoms with E-state index in [4.69, 9.17) is 5.10 Å². The molecule has 5 rings (SSSR count). The summed E-state index contributed by atoms with van der Waals surface area (Å²) in [4.78, 5) is 5.30. The van der Waals surface area contributed by atoms with Crippen molar-refractivity contribution in [3.63, 3.8) is 0 Å². The molecular weight excluding hydrogens is 402 g/mol. The van der Waals surface area contributed by atoms with Gasteiger partial charge in [0.05, 0.1) is 16.9 Å². The van der Waals surface area contributed by atoms with E-state index in [2.05, 4.69) is 77.3 Å². The number of nitrogens with one attached hydrogen (secondary N) is 1. The fourth-order valence-electron chi connectivity index (χ4n) is 3.60. The molecule has 0 radical (unpaired) electrons. The average Bonchev–Trinajstić information content (AvgIpc) is 3.60. The highest BCUT2D eigenvalue weighted by Gasteiger charge is 2.14. The van der Waals surface area contributed by atoms with Crippen LogP contribution in [0.2, 0.25) is 0 Å². The molecule has 5 nitrogen and oxygen atoms in total. The highest BCUT2D eigenvalue weighted by molar-refractivity contribution is 7.13. The standard InChI is InChI=1S/C25H23N5S/c1-19(20-9-11-22(12-10-20)29-14-13-26-18-29)27-16-21-17-30(23-6-3-2-4-7-23)28-25(21)24-8-5-15-31-24/h2-15,17-19,27H,16H2,1H3/t19-/m0/s1. The molecule has 3 aromatic heterocycles. The van der Waals surface area contributed by atoms with E-state index in [0.29, 0.717) is 0 Å². The Bertz CT molecular complexity index is 1220. The van der Waals surface area contributed by atoms with Crippen LogP contribution in [0.25, 0.3) is 21.9 Å². The van der Waals surface area contributed by atoms with Gasteiger partial charge in [0.2, 0.25) is 0 Å². The van der Waals surface area contributed by atoms with E-state index in [-0.39, 0.29) is 6.04 Å². The molecule has 1 N–H and O–H groups in total. The van der Waals surface area contributed by atoms with Crippen LogP contribution in [-0.4, -0.2) is 19.3 Å². The first-order valence-corrected chi connectivity index (χ1v) is 11.2. The summed E-state index contributed by atoms with van der Waals surface area (Å²) >= 11 is 1.72. The van der Waals surface area contributed by atoms with E-state index in [1.54, 1.807) is 17.5 Å². The van der Waals surface area contributed by atoms with E-state index >= 15 is 0 Å². The number of benzene rings is 2. The molecule has 3 heterocycles. The lowest BCUT2D eigenvalue weighted by Crippen LogP contribution is -2.18. The van der Waals surface area contributed by atoms with Gasteiger partial charge >= 0.3 is 0 Å². The fourth-order valence-corrected chi connectivity index (χ4v) is 4.35. The van der Waals surface area contributed by atoms with Gasteiger partial charge in [0.15, 0.2) is 0 Å². The van der Waals surface area contributed by atoms with Crippen molar-refractivity contribution >= 4 is 11.3 Å². The molecule has 0 aliphatic rings. The molecule has 5 aromatic rings. The highest BCUT2D eigenvalue weighted by atomic mass is 32.1. The van der Waals surface area contributed by atoms with Gasteiger partial charge in [-0.25, -0.2) is 9.67 Å². The summed E-state index contributed by atoms with van der Waals surface area (Å²) in [5.74, 6) is 0. The van der Waals surface area contributed by atoms with Crippen LogP contribution in [0.15, 0.2) is 97.0 Å². The van der Waals surface area contributed by atoms with Gasteiger partial charge in [-0.05, 0) is 48.2 Å². The molecule has 154 valence electrons. The molecule has 6 heteroatoms. The number of thiophene rings is 1. The number of imidazole rings is 1. The predicted octanol–water partition coefficient (Wildman–Crippen LogP) is 5.64. The van der Waals surface area contributed by atoms with Crippen molar-refractivity contribution in [2.75, 3.05) is 0 Å². The van der Waals surface area contributed by atoms with Crippen molar-refractivity contribution < 1.29 is 0 Å². The zero-order valence-electron chi connectivity index (χ0n) is 17.2. The first-order chi connectivity index (χ1) is 15.3. The number of para-hydroxylation sites is 1. The van der Waals surface area contributed by atoms with Gasteiger partial charge in [0.1, 0.15) is 5.69 Å². The Morgan fingerprint density at radius 2 is 1.81 bits per heavy atom. The third-order valence-corrected chi connectivity index (χ3v) is 6.24. The second-order valence-electron chi connectivity index (χ2n) is 7.42. The SMILES string of the molecule is C[C@H](NCc1cn(-c2ccccc2)nc1-c1cccs1)c1ccc(-n2ccnc2)cc1. The predicted molar refractivity (Wildman–Crippen MR) is 126 cm³/mol. The second-order valence-corrected chi connectivity index (χ2v) is 8.37. The van der Waals surface area contributed by atoms with E-state index in [0.717, 1.165) is 23.6 Å². The average molecular weight is 426 g/mol. The first-order valence-electron chi connectivity index (χ1n) is 10.3. The van der Waals surface area contributed by atoms with Crippen LogP contribution < -0.4 is 5.32 Å². The number of hydrogen-bond donors (Lipinski definition) is 1. The summed E-state index contributed by atoms with van der Waals surface area (Å²) in [6.45, 7) is 2.93. The molecule has 0 amide bonds. The minimum atomic E-state index is 0.216. The summed E-state index contributed by atoms with van der Waals surface area (Å²) in [6.07, 6.45) is 7.69. The van der Waals surface area contributed by atoms with Crippen LogP contribution in [0.4, 0.5) is 0 Å². The van der Waals surface area contributed by atoms with E-state index in [9.17, 15) is 0 Å². The van der Waals surface area contributed by atoms with Gasteiger partial charge in [0.25, 0.3) is 0 Å². The zero-order chi connectivity index (χ0) is 21.0. The normalized spacial score (nSPS) is 12.2. The molecular formula is C25H23N5S. The lowest BCUT2D eigenvalue weighted by atomic mass is 10.1. The summed E-state index contributed by atoms with van der Waals surface area (Å²) in [6, 6.07) is 23.3. The van der Waals surface area contributed by atoms with Crippen LogP contribution in [-0.2, 0) is 6.54 Å². The minimum absolute atomic E-state index is 0.216. The Labute approximate surface area is 185 Å². The first kappa shape index (κ1) is 19.5. The number of hydrogen-bond acceptors (Lipinski definition) is 4. The summed E-state index contributed by atoms with van der Waals surface area (Å²) in [7, 11) is 0. The van der Waals surface area contributed by atoms with Gasteiger partial charge in [0, 0.05) is 42.4 Å². The minimum Gasteiger partial charge on any atom is -0.306 e. The Balaban J connectivity index is 1.35. The van der Waals surface area contributed by atoms with Crippen molar-refractivity contribution in [2.45, 2.75) is 19.5 Å². The molecule has 2 aromatic carbocycles. The summed E-state index contributed by atoms with van der Waals surface area (Å²) in [5.41, 5.74) is 5.64. The summed E-state index contributed by atoms with van der Waals surface area (Å²) in [5, 5.41) is 10.7. The van der Waals surface area contributed by atoms with E-state index in [1.165, 1.54) is 16.0 Å². The van der Waals surface area contributed by atoms with Gasteiger partial charge in [-0.2, -0.15) is 5.10 Å². The molecule has 0 saturated heterocycles. The lowest BCUT2D eigenvalue weighted by molar-refractivity contribution is 0.575. The quantitative estimate of drug-likeness (QED) is 0.367. The Morgan fingerprint density at radius 3 is 2.52 bits per heavy atom. The van der Waals surface area contributed by atoms with Crippen molar-refractivity contribution in [2.24, 2.45) is 0 Å². The van der Waals surface area contributed by atoms with Gasteiger partial charge in [-0.15, -0.1) is 11.3 Å². The van der Waals surface area contributed by atoms with E-state index in [1.807, 2.05) is 40.0 Å². The maximum absolute atomic E-state index is 4.89. The van der Waals surface area contributed by atoms with Crippen molar-refractivity contribution in [3.8, 4) is 21.9 Å². The number of aromatic nitrogens is 4. The maximum atomic E-state index is 4.89. The topological polar surface area (TPSA) is 47.7 Å². The smallest absolute Gasteiger partial charge is 0.107 e. The van der Waals surface area contributed by atoms with Crippen LogP contribution in [0.5, 0.6) is 0 Å². The monoisotopic (exact) mass is 425 g/mol. The van der Waals surface area contributed by atoms with Gasteiger partial charge in [-0.3, -0.25) is 0 Å². The largest absolute Gasteiger partial charge is 0.306 e. The third kappa shape index (κ3) is 4.21. The van der Waals surface area contributed by atoms with Crippen molar-refractivity contribution in [1.29, 1.82) is 0 Å².